The van der Waals surface area contributed by atoms with Crippen molar-refractivity contribution in [2.24, 2.45) is 38.9 Å². The van der Waals surface area contributed by atoms with Crippen molar-refractivity contribution in [3.8, 4) is 0 Å². The van der Waals surface area contributed by atoms with E-state index in [1.165, 1.54) is 85.7 Å². The second-order valence-electron chi connectivity index (χ2n) is 20.1. The van der Waals surface area contributed by atoms with Gasteiger partial charge in [-0.1, -0.05) is 159 Å². The summed E-state index contributed by atoms with van der Waals surface area (Å²) in [6.07, 6.45) is 17.5. The number of aryl methyl sites for hydroxylation is 2. The molecule has 3 aromatic rings. The molecule has 0 saturated heterocycles. The molecule has 0 nitrogen and oxygen atoms in total. The molecule has 0 N–H and O–H groups in total. The van der Waals surface area contributed by atoms with Gasteiger partial charge in [0.05, 0.1) is 0 Å². The van der Waals surface area contributed by atoms with E-state index >= 15 is 0 Å². The maximum absolute atomic E-state index is 3.35. The van der Waals surface area contributed by atoms with Crippen molar-refractivity contribution in [3.63, 3.8) is 0 Å². The Bertz CT molecular complexity index is 2080. The molecule has 1 saturated carbocycles. The van der Waals surface area contributed by atoms with Gasteiger partial charge in [0.25, 0.3) is 0 Å². The SMILES string of the molecule is CCC1[C-]=CC(C(C)(C)C)=C1.C[C-]1C2=C3Cc4ccccc4C3=C3C=CCCC3C2(C)C(C)(C)C(C)(C)C1(C)C.Cc1ccc([C](=[Zr+2])c2ccc(C)cc2)cc1.[Cl-].[Cl-]. The van der Waals surface area contributed by atoms with Crippen molar-refractivity contribution in [2.45, 2.75) is 123 Å². The van der Waals surface area contributed by atoms with Crippen molar-refractivity contribution in [3.05, 3.63) is 165 Å². The fourth-order valence-electron chi connectivity index (χ4n) is 10.4. The Hall–Kier alpha value is -2.44. The number of hydrogen-bond donors (Lipinski definition) is 0. The van der Waals surface area contributed by atoms with Crippen molar-refractivity contribution < 1.29 is 49.0 Å². The normalized spacial score (nSPS) is 24.0. The Morgan fingerprint density at radius 2 is 1.36 bits per heavy atom. The van der Waals surface area contributed by atoms with Gasteiger partial charge in [0, 0.05) is 0 Å². The predicted molar refractivity (Wildman–Crippen MR) is 239 cm³/mol. The van der Waals surface area contributed by atoms with Crippen LogP contribution in [-0.4, -0.2) is 3.21 Å². The maximum Gasteiger partial charge on any atom is -1.00 e. The van der Waals surface area contributed by atoms with Crippen LogP contribution >= 0.6 is 0 Å². The molecule has 3 unspecified atom stereocenters. The second-order valence-corrected chi connectivity index (χ2v) is 21.3. The van der Waals surface area contributed by atoms with E-state index in [1.54, 1.807) is 28.2 Å². The molecule has 3 aromatic carbocycles. The van der Waals surface area contributed by atoms with Crippen LogP contribution in [0.5, 0.6) is 0 Å². The summed E-state index contributed by atoms with van der Waals surface area (Å²) in [5.74, 6) is 2.81. The topological polar surface area (TPSA) is 0 Å². The van der Waals surface area contributed by atoms with Crippen LogP contribution in [0.15, 0.2) is 119 Å². The van der Waals surface area contributed by atoms with Crippen molar-refractivity contribution in [2.75, 3.05) is 0 Å². The fraction of sp³-hybridized carbons (Fsp3) is 0.455. The van der Waals surface area contributed by atoms with Crippen LogP contribution in [0.3, 0.4) is 0 Å². The first-order chi connectivity index (χ1) is 26.2. The first kappa shape index (κ1) is 48.2. The number of allylic oxidation sites excluding steroid dienone is 10. The molecule has 0 aromatic heterocycles. The second kappa shape index (κ2) is 17.9. The van der Waals surface area contributed by atoms with E-state index in [1.807, 2.05) is 0 Å². The van der Waals surface area contributed by atoms with Crippen molar-refractivity contribution >= 4 is 8.78 Å². The van der Waals surface area contributed by atoms with Crippen LogP contribution in [-0.2, 0) is 30.7 Å². The average molecular weight is 891 g/mol. The summed E-state index contributed by atoms with van der Waals surface area (Å²) in [5.41, 5.74) is 17.3. The minimum absolute atomic E-state index is 0. The fourth-order valence-corrected chi connectivity index (χ4v) is 11.2. The van der Waals surface area contributed by atoms with Crippen LogP contribution in [0.4, 0.5) is 0 Å². The molecule has 0 bridgehead atoms. The Morgan fingerprint density at radius 3 is 1.86 bits per heavy atom. The summed E-state index contributed by atoms with van der Waals surface area (Å²) in [6.45, 7) is 33.5. The Balaban J connectivity index is 0.000000217. The van der Waals surface area contributed by atoms with E-state index in [0.29, 0.717) is 17.3 Å². The van der Waals surface area contributed by atoms with Gasteiger partial charge in [0.2, 0.25) is 0 Å². The molecular formula is C55H68Cl2Zr-2. The minimum atomic E-state index is 0. The van der Waals surface area contributed by atoms with Gasteiger partial charge >= 0.3 is 112 Å². The molecule has 0 heterocycles. The molecule has 58 heavy (non-hydrogen) atoms. The molecule has 0 radical (unpaired) electrons. The average Bonchev–Trinajstić information content (AvgIpc) is 3.81. The number of benzene rings is 3. The van der Waals surface area contributed by atoms with E-state index in [4.69, 9.17) is 0 Å². The van der Waals surface area contributed by atoms with E-state index in [9.17, 15) is 0 Å². The summed E-state index contributed by atoms with van der Waals surface area (Å²) in [6, 6.07) is 26.7. The van der Waals surface area contributed by atoms with Gasteiger partial charge in [-0.2, -0.15) is 22.8 Å². The van der Waals surface area contributed by atoms with Crippen LogP contribution in [0.2, 0.25) is 0 Å². The van der Waals surface area contributed by atoms with E-state index in [0.717, 1.165) is 6.42 Å². The monoisotopic (exact) mass is 888 g/mol. The van der Waals surface area contributed by atoms with Gasteiger partial charge in [-0.25, -0.2) is 12.0 Å². The number of halogens is 2. The zero-order valence-corrected chi connectivity index (χ0v) is 41.9. The zero-order valence-electron chi connectivity index (χ0n) is 38.0. The van der Waals surface area contributed by atoms with E-state index < -0.39 is 0 Å². The van der Waals surface area contributed by atoms with E-state index in [2.05, 4.69) is 200 Å². The van der Waals surface area contributed by atoms with Crippen molar-refractivity contribution in [1.82, 2.24) is 0 Å². The largest absolute Gasteiger partial charge is 1.00 e. The maximum atomic E-state index is 3.35. The smallest absolute Gasteiger partial charge is 1.00 e. The summed E-state index contributed by atoms with van der Waals surface area (Å²) < 4.78 is 1.42. The quantitative estimate of drug-likeness (QED) is 0.231. The van der Waals surface area contributed by atoms with Gasteiger partial charge in [0.15, 0.2) is 0 Å². The molecular weight excluding hydrogens is 823 g/mol. The van der Waals surface area contributed by atoms with Crippen LogP contribution < -0.4 is 24.8 Å². The molecule has 5 aliphatic carbocycles. The number of hydrogen-bond acceptors (Lipinski definition) is 0. The van der Waals surface area contributed by atoms with Gasteiger partial charge in [-0.05, 0) is 40.6 Å². The van der Waals surface area contributed by atoms with Crippen LogP contribution in [0.25, 0.3) is 5.57 Å². The summed E-state index contributed by atoms with van der Waals surface area (Å²) >= 11 is 1.46. The van der Waals surface area contributed by atoms with Crippen LogP contribution in [0, 0.1) is 64.8 Å². The summed E-state index contributed by atoms with van der Waals surface area (Å²) in [4.78, 5) is 0. The third-order valence-electron chi connectivity index (χ3n) is 15.6. The Labute approximate surface area is 381 Å². The van der Waals surface area contributed by atoms with Gasteiger partial charge in [0.1, 0.15) is 0 Å². The van der Waals surface area contributed by atoms with Crippen molar-refractivity contribution in [1.29, 1.82) is 0 Å². The Morgan fingerprint density at radius 1 is 0.810 bits per heavy atom. The standard InChI is InChI=1S/C29H37.C15H14.C11H17.2ClH.Zr/c1-18-25-22-17-19-13-9-10-14-20(19)24(22)21-15-11-12-16-23(21)29(25,8)28(6,7)27(4,5)26(18,2)3;1-12-3-7-14(8-4-12)11-15-9-5-13(2)6-10-15;1-5-9-6-7-10(8-9)11(2,3)4;;;/h9-11,13-15,23H,12,16-17H2,1-8H3;3-10H,1-2H3;7-9H,5H2,1-4H3;2*1H;/q-1;;-1;;;+2/p-2. The first-order valence-corrected chi connectivity index (χ1v) is 22.5. The Kier molecular flexibility index (Phi) is 14.9. The molecule has 3 heteroatoms. The molecule has 3 atom stereocenters. The molecule has 1 fully saturated rings. The van der Waals surface area contributed by atoms with Gasteiger partial charge in [-0.15, -0.1) is 6.92 Å². The molecule has 8 rings (SSSR count). The summed E-state index contributed by atoms with van der Waals surface area (Å²) in [7, 11) is 0. The zero-order chi connectivity index (χ0) is 41.0. The third-order valence-corrected chi connectivity index (χ3v) is 17.0. The predicted octanol–water partition coefficient (Wildman–Crippen LogP) is 8.75. The molecule has 0 spiro atoms. The molecule has 0 aliphatic heterocycles. The first-order valence-electron chi connectivity index (χ1n) is 21.3. The van der Waals surface area contributed by atoms with Gasteiger partial charge in [-0.3, -0.25) is 6.08 Å². The van der Waals surface area contributed by atoms with E-state index in [-0.39, 0.29) is 46.5 Å². The number of rotatable bonds is 3. The number of fused-ring (bicyclic) bond motifs is 6. The molecule has 308 valence electrons. The summed E-state index contributed by atoms with van der Waals surface area (Å²) in [5, 5.41) is 0. The third kappa shape index (κ3) is 8.30. The minimum Gasteiger partial charge on any atom is -1.00 e. The molecule has 5 aliphatic rings. The molecule has 0 amide bonds. The van der Waals surface area contributed by atoms with Gasteiger partial charge < -0.3 is 24.8 Å². The van der Waals surface area contributed by atoms with Crippen LogP contribution in [0.1, 0.15) is 136 Å².